The first-order valence-corrected chi connectivity index (χ1v) is 11.1. The van der Waals surface area contributed by atoms with E-state index in [1.165, 1.54) is 20.3 Å². The van der Waals surface area contributed by atoms with Crippen molar-refractivity contribution in [1.29, 1.82) is 0 Å². The van der Waals surface area contributed by atoms with Crippen LogP contribution in [0.2, 0.25) is 0 Å². The molecule has 2 bridgehead atoms. The second-order valence-electron chi connectivity index (χ2n) is 9.08. The number of ketones is 4. The number of hydrogen-bond donors (Lipinski definition) is 0. The number of hydrogen-bond acceptors (Lipinski definition) is 7. The summed E-state index contributed by atoms with van der Waals surface area (Å²) in [5, 5.41) is 0. The van der Waals surface area contributed by atoms with E-state index in [0.29, 0.717) is 42.0 Å². The van der Waals surface area contributed by atoms with Crippen molar-refractivity contribution in [2.75, 3.05) is 14.2 Å². The van der Waals surface area contributed by atoms with E-state index in [1.54, 1.807) is 18.2 Å². The van der Waals surface area contributed by atoms with Gasteiger partial charge in [0.05, 0.1) is 19.8 Å². The molecule has 0 radical (unpaired) electrons. The number of benzene rings is 1. The van der Waals surface area contributed by atoms with Crippen LogP contribution < -0.4 is 9.47 Å². The Bertz CT molecular complexity index is 1070. The summed E-state index contributed by atoms with van der Waals surface area (Å²) in [7, 11) is 3.03. The van der Waals surface area contributed by atoms with Gasteiger partial charge >= 0.3 is 0 Å². The fourth-order valence-electron chi connectivity index (χ4n) is 5.18. The summed E-state index contributed by atoms with van der Waals surface area (Å²) in [6.45, 7) is 0. The number of fused-ring (bicyclic) bond motifs is 2. The molecule has 3 atom stereocenters. The summed E-state index contributed by atoms with van der Waals surface area (Å²) in [6.07, 6.45) is 5.24. The first-order valence-electron chi connectivity index (χ1n) is 11.1. The number of rotatable bonds is 6. The van der Waals surface area contributed by atoms with Crippen LogP contribution in [0.1, 0.15) is 43.7 Å². The highest BCUT2D eigenvalue weighted by Gasteiger charge is 2.51. The molecule has 3 saturated carbocycles. The monoisotopic (exact) mass is 435 g/mol. The molecular weight excluding hydrogens is 410 g/mol. The van der Waals surface area contributed by atoms with E-state index in [9.17, 15) is 19.2 Å². The van der Waals surface area contributed by atoms with Gasteiger partial charge in [-0.3, -0.25) is 24.2 Å². The molecule has 0 saturated heterocycles. The van der Waals surface area contributed by atoms with Gasteiger partial charge in [-0.2, -0.15) is 0 Å². The first kappa shape index (κ1) is 20.8. The van der Waals surface area contributed by atoms with Crippen molar-refractivity contribution in [3.8, 4) is 11.5 Å². The minimum Gasteiger partial charge on any atom is -0.493 e. The quantitative estimate of drug-likeness (QED) is 0.503. The van der Waals surface area contributed by atoms with Gasteiger partial charge in [0.25, 0.3) is 0 Å². The number of allylic oxidation sites excluding steroid dienone is 1. The minimum absolute atomic E-state index is 0.0744. The average molecular weight is 435 g/mol. The highest BCUT2D eigenvalue weighted by molar-refractivity contribution is 6.36. The molecule has 32 heavy (non-hydrogen) atoms. The molecule has 1 aliphatic heterocycles. The van der Waals surface area contributed by atoms with Gasteiger partial charge in [0, 0.05) is 23.5 Å². The summed E-state index contributed by atoms with van der Waals surface area (Å²) in [5.74, 6) is -2.44. The smallest absolute Gasteiger partial charge is 0.195 e. The Morgan fingerprint density at radius 3 is 2.12 bits per heavy atom. The summed E-state index contributed by atoms with van der Waals surface area (Å²) in [5.41, 5.74) is 1.19. The van der Waals surface area contributed by atoms with Crippen molar-refractivity contribution >= 4 is 28.8 Å². The van der Waals surface area contributed by atoms with Crippen LogP contribution in [0.15, 0.2) is 34.8 Å². The van der Waals surface area contributed by atoms with E-state index in [-0.39, 0.29) is 34.9 Å². The number of dihydropyridines is 1. The predicted molar refractivity (Wildman–Crippen MR) is 115 cm³/mol. The van der Waals surface area contributed by atoms with Gasteiger partial charge in [0.2, 0.25) is 0 Å². The van der Waals surface area contributed by atoms with E-state index in [0.717, 1.165) is 12.8 Å². The van der Waals surface area contributed by atoms with Crippen LogP contribution in [0.25, 0.3) is 0 Å². The molecule has 0 amide bonds. The zero-order valence-electron chi connectivity index (χ0n) is 18.1. The van der Waals surface area contributed by atoms with E-state index >= 15 is 0 Å². The topological polar surface area (TPSA) is 99.1 Å². The van der Waals surface area contributed by atoms with Crippen molar-refractivity contribution < 1.29 is 28.7 Å². The van der Waals surface area contributed by atoms with Crippen molar-refractivity contribution in [2.45, 2.75) is 38.1 Å². The third-order valence-electron chi connectivity index (χ3n) is 7.14. The fraction of sp³-hybridized carbons (Fsp3) is 0.480. The minimum atomic E-state index is -1.35. The molecular formula is C25H25NO6. The van der Waals surface area contributed by atoms with E-state index in [1.807, 2.05) is 0 Å². The van der Waals surface area contributed by atoms with Crippen LogP contribution in [0, 0.1) is 23.7 Å². The van der Waals surface area contributed by atoms with Crippen LogP contribution >= 0.6 is 0 Å². The summed E-state index contributed by atoms with van der Waals surface area (Å²) >= 11 is 0. The normalized spacial score (nSPS) is 29.5. The number of carbonyl (C=O) groups is 4. The largest absolute Gasteiger partial charge is 0.493 e. The van der Waals surface area contributed by atoms with Crippen LogP contribution in [0.3, 0.4) is 0 Å². The SMILES string of the molecule is COc1ccc(C2N=C(C3CC3)C=C(C(=O)C3C(=O)C4CCC(C4)C3=O)C2=O)cc1OC. The molecule has 3 fully saturated rings. The number of aliphatic imine (C=N–C) groups is 1. The molecule has 1 aromatic rings. The molecule has 0 spiro atoms. The maximum absolute atomic E-state index is 13.5. The molecule has 7 heteroatoms. The van der Waals surface area contributed by atoms with Crippen LogP contribution in [-0.4, -0.2) is 43.1 Å². The van der Waals surface area contributed by atoms with Crippen molar-refractivity contribution in [1.82, 2.24) is 0 Å². The molecule has 1 heterocycles. The summed E-state index contributed by atoms with van der Waals surface area (Å²) in [4.78, 5) is 57.3. The van der Waals surface area contributed by atoms with E-state index in [4.69, 9.17) is 9.47 Å². The zero-order chi connectivity index (χ0) is 22.6. The highest BCUT2D eigenvalue weighted by atomic mass is 16.5. The van der Waals surface area contributed by atoms with Gasteiger partial charge < -0.3 is 9.47 Å². The summed E-state index contributed by atoms with van der Waals surface area (Å²) < 4.78 is 10.6. The second-order valence-corrected chi connectivity index (χ2v) is 9.08. The predicted octanol–water partition coefficient (Wildman–Crippen LogP) is 2.86. The van der Waals surface area contributed by atoms with Crippen molar-refractivity contribution in [3.05, 3.63) is 35.4 Å². The number of ether oxygens (including phenoxy) is 2. The van der Waals surface area contributed by atoms with Crippen LogP contribution in [0.5, 0.6) is 11.5 Å². The summed E-state index contributed by atoms with van der Waals surface area (Å²) in [6, 6.07) is 4.18. The highest BCUT2D eigenvalue weighted by Crippen LogP contribution is 2.43. The Morgan fingerprint density at radius 1 is 0.906 bits per heavy atom. The Kier molecular flexibility index (Phi) is 5.07. The maximum Gasteiger partial charge on any atom is 0.195 e. The second kappa shape index (κ2) is 7.80. The lowest BCUT2D eigenvalue weighted by atomic mass is 9.74. The zero-order valence-corrected chi connectivity index (χ0v) is 18.1. The lowest BCUT2D eigenvalue weighted by Gasteiger charge is -2.27. The molecule has 3 aliphatic carbocycles. The number of methoxy groups -OCH3 is 2. The average Bonchev–Trinajstić information content (AvgIpc) is 3.55. The lowest BCUT2D eigenvalue weighted by Crippen LogP contribution is -2.43. The third kappa shape index (κ3) is 3.31. The Morgan fingerprint density at radius 2 is 1.53 bits per heavy atom. The van der Waals surface area contributed by atoms with Crippen LogP contribution in [0.4, 0.5) is 0 Å². The molecule has 7 nitrogen and oxygen atoms in total. The molecule has 4 aliphatic rings. The standard InChI is InChI=1S/C25H25NO6/c1-31-18-8-7-13(10-19(18)32-2)21-25(30)16(11-17(26-21)12-3-4-12)24(29)20-22(27)14-5-6-15(9-14)23(20)28/h7-8,10-12,14-15,20-21H,3-6,9H2,1-2H3. The van der Waals surface area contributed by atoms with Gasteiger partial charge in [-0.1, -0.05) is 6.07 Å². The number of nitrogens with zero attached hydrogens (tertiary/aromatic N) is 1. The van der Waals surface area contributed by atoms with E-state index in [2.05, 4.69) is 4.99 Å². The van der Waals surface area contributed by atoms with Gasteiger partial charge in [-0.15, -0.1) is 0 Å². The lowest BCUT2D eigenvalue weighted by molar-refractivity contribution is -0.144. The van der Waals surface area contributed by atoms with Gasteiger partial charge in [0.15, 0.2) is 34.6 Å². The van der Waals surface area contributed by atoms with Gasteiger partial charge in [-0.25, -0.2) is 0 Å². The first-order chi connectivity index (χ1) is 15.4. The molecule has 0 aromatic heterocycles. The maximum atomic E-state index is 13.5. The molecule has 3 unspecified atom stereocenters. The fourth-order valence-corrected chi connectivity index (χ4v) is 5.18. The number of Topliss-reactive ketones (excluding diaryl/α,β-unsaturated/α-hetero) is 4. The van der Waals surface area contributed by atoms with Gasteiger partial charge in [0.1, 0.15) is 12.0 Å². The number of carbonyl (C=O) groups excluding carboxylic acids is 4. The Labute approximate surface area is 185 Å². The van der Waals surface area contributed by atoms with E-state index < -0.39 is 23.5 Å². The van der Waals surface area contributed by atoms with Gasteiger partial charge in [-0.05, 0) is 55.9 Å². The third-order valence-corrected chi connectivity index (χ3v) is 7.14. The Hall–Kier alpha value is -3.09. The molecule has 166 valence electrons. The van der Waals surface area contributed by atoms with Crippen molar-refractivity contribution in [2.24, 2.45) is 28.7 Å². The van der Waals surface area contributed by atoms with Crippen LogP contribution in [-0.2, 0) is 19.2 Å². The molecule has 1 aromatic carbocycles. The van der Waals surface area contributed by atoms with Crippen molar-refractivity contribution in [3.63, 3.8) is 0 Å². The molecule has 0 N–H and O–H groups in total. The molecule has 5 rings (SSSR count). The Balaban J connectivity index is 1.51.